The van der Waals surface area contributed by atoms with E-state index >= 15 is 0 Å². The second-order valence-electron chi connectivity index (χ2n) is 3.43. The second kappa shape index (κ2) is 3.92. The van der Waals surface area contributed by atoms with Crippen molar-refractivity contribution < 1.29 is 0 Å². The lowest BCUT2D eigenvalue weighted by atomic mass is 10.1. The van der Waals surface area contributed by atoms with Crippen molar-refractivity contribution in [3.63, 3.8) is 0 Å². The van der Waals surface area contributed by atoms with E-state index in [0.717, 1.165) is 5.56 Å². The maximum Gasteiger partial charge on any atom is 0.0504 e. The lowest BCUT2D eigenvalue weighted by molar-refractivity contribution is 1.54. The number of hydrogen-bond acceptors (Lipinski definition) is 1. The number of aryl methyl sites for hydroxylation is 1. The first-order valence-corrected chi connectivity index (χ1v) is 5.71. The molecule has 0 saturated carbocycles. The van der Waals surface area contributed by atoms with E-state index in [1.165, 1.54) is 20.5 Å². The van der Waals surface area contributed by atoms with E-state index in [1.807, 2.05) is 13.0 Å². The average molecular weight is 212 g/mol. The molecule has 0 radical (unpaired) electrons. The summed E-state index contributed by atoms with van der Waals surface area (Å²) in [5, 5.41) is 1.23. The van der Waals surface area contributed by atoms with Gasteiger partial charge in [0.2, 0.25) is 0 Å². The smallest absolute Gasteiger partial charge is 0.0504 e. The van der Waals surface area contributed by atoms with Gasteiger partial charge in [0, 0.05) is 15.0 Å². The van der Waals surface area contributed by atoms with Gasteiger partial charge in [0.05, 0.1) is 5.56 Å². The van der Waals surface area contributed by atoms with Gasteiger partial charge in [-0.3, -0.25) is 0 Å². The van der Waals surface area contributed by atoms with Crippen LogP contribution in [0.3, 0.4) is 0 Å². The Labute approximate surface area is 94.3 Å². The van der Waals surface area contributed by atoms with Gasteiger partial charge in [-0.05, 0) is 31.6 Å². The molecule has 2 aromatic rings. The Hall–Kier alpha value is -1.52. The van der Waals surface area contributed by atoms with Crippen LogP contribution in [0.2, 0.25) is 0 Å². The van der Waals surface area contributed by atoms with Crippen LogP contribution in [0.15, 0.2) is 24.3 Å². The fourth-order valence-corrected chi connectivity index (χ4v) is 2.97. The monoisotopic (exact) mass is 212 g/mol. The number of allylic oxidation sites excluding steroid dienone is 1. The Kier molecular flexibility index (Phi) is 2.62. The molecule has 2 rings (SSSR count). The van der Waals surface area contributed by atoms with Crippen molar-refractivity contribution in [1.82, 2.24) is 0 Å². The highest BCUT2D eigenvalue weighted by Gasteiger charge is 2.09. The van der Waals surface area contributed by atoms with E-state index in [-0.39, 0.29) is 0 Å². The molecule has 0 N–H and O–H groups in total. The van der Waals surface area contributed by atoms with Crippen LogP contribution < -0.4 is 0 Å². The molecule has 0 bridgehead atoms. The molecule has 0 amide bonds. The van der Waals surface area contributed by atoms with Crippen LogP contribution in [0, 0.1) is 19.3 Å². The van der Waals surface area contributed by atoms with E-state index in [9.17, 15) is 0 Å². The molecule has 0 aliphatic heterocycles. The standard InChI is InChI=1S/C14H12S/c1-4-7-12-11(5-2)14-10(3)8-6-9-13(14)15-12/h2,4,6-9H,1,3H3/b7-4-. The van der Waals surface area contributed by atoms with Crippen LogP contribution in [0.1, 0.15) is 22.9 Å². The van der Waals surface area contributed by atoms with E-state index in [2.05, 4.69) is 37.1 Å². The number of benzene rings is 1. The molecular weight excluding hydrogens is 200 g/mol. The summed E-state index contributed by atoms with van der Waals surface area (Å²) in [5.41, 5.74) is 2.29. The van der Waals surface area contributed by atoms with Gasteiger partial charge in [0.25, 0.3) is 0 Å². The number of thiophene rings is 1. The molecule has 15 heavy (non-hydrogen) atoms. The maximum absolute atomic E-state index is 5.58. The quantitative estimate of drug-likeness (QED) is 0.621. The van der Waals surface area contributed by atoms with Crippen molar-refractivity contribution in [3.8, 4) is 12.3 Å². The summed E-state index contributed by atoms with van der Waals surface area (Å²) in [6.07, 6.45) is 9.69. The summed E-state index contributed by atoms with van der Waals surface area (Å²) in [5.74, 6) is 2.80. The van der Waals surface area contributed by atoms with Crippen molar-refractivity contribution in [3.05, 3.63) is 40.3 Å². The van der Waals surface area contributed by atoms with Crippen molar-refractivity contribution >= 4 is 27.5 Å². The van der Waals surface area contributed by atoms with Crippen molar-refractivity contribution in [2.45, 2.75) is 13.8 Å². The first-order chi connectivity index (χ1) is 7.27. The molecule has 1 aromatic heterocycles. The van der Waals surface area contributed by atoms with Gasteiger partial charge in [-0.25, -0.2) is 0 Å². The maximum atomic E-state index is 5.58. The fraction of sp³-hybridized carbons (Fsp3) is 0.143. The highest BCUT2D eigenvalue weighted by Crippen LogP contribution is 2.33. The summed E-state index contributed by atoms with van der Waals surface area (Å²) >= 11 is 1.76. The highest BCUT2D eigenvalue weighted by molar-refractivity contribution is 7.20. The number of terminal acetylenes is 1. The molecule has 0 unspecified atom stereocenters. The van der Waals surface area contributed by atoms with Gasteiger partial charge < -0.3 is 0 Å². The third-order valence-corrected chi connectivity index (χ3v) is 3.53. The molecule has 74 valence electrons. The summed E-state index contributed by atoms with van der Waals surface area (Å²) in [7, 11) is 0. The van der Waals surface area contributed by atoms with Crippen molar-refractivity contribution in [2.24, 2.45) is 0 Å². The van der Waals surface area contributed by atoms with Gasteiger partial charge in [0.15, 0.2) is 0 Å². The molecule has 1 heteroatoms. The topological polar surface area (TPSA) is 0 Å². The first kappa shape index (κ1) is 10.0. The zero-order valence-electron chi connectivity index (χ0n) is 8.87. The minimum absolute atomic E-state index is 1.03. The second-order valence-corrected chi connectivity index (χ2v) is 4.52. The molecule has 1 heterocycles. The van der Waals surface area contributed by atoms with Crippen LogP contribution >= 0.6 is 11.3 Å². The zero-order valence-corrected chi connectivity index (χ0v) is 9.69. The zero-order chi connectivity index (χ0) is 10.8. The SMILES string of the molecule is C#Cc1c(/C=C\C)sc2cccc(C)c12. The number of fused-ring (bicyclic) bond motifs is 1. The number of hydrogen-bond donors (Lipinski definition) is 0. The molecule has 0 aliphatic rings. The van der Waals surface area contributed by atoms with Gasteiger partial charge in [-0.15, -0.1) is 17.8 Å². The van der Waals surface area contributed by atoms with Crippen LogP contribution in [0.4, 0.5) is 0 Å². The Morgan fingerprint density at radius 3 is 2.87 bits per heavy atom. The van der Waals surface area contributed by atoms with E-state index in [0.29, 0.717) is 0 Å². The van der Waals surface area contributed by atoms with Crippen LogP contribution in [-0.2, 0) is 0 Å². The van der Waals surface area contributed by atoms with E-state index in [1.54, 1.807) is 11.3 Å². The van der Waals surface area contributed by atoms with E-state index < -0.39 is 0 Å². The molecule has 1 aromatic carbocycles. The van der Waals surface area contributed by atoms with E-state index in [4.69, 9.17) is 6.42 Å². The lowest BCUT2D eigenvalue weighted by Crippen LogP contribution is -1.78. The summed E-state index contributed by atoms with van der Waals surface area (Å²) in [6, 6.07) is 6.31. The van der Waals surface area contributed by atoms with Crippen LogP contribution in [0.25, 0.3) is 16.2 Å². The highest BCUT2D eigenvalue weighted by atomic mass is 32.1. The summed E-state index contributed by atoms with van der Waals surface area (Å²) in [4.78, 5) is 1.18. The van der Waals surface area contributed by atoms with Crippen molar-refractivity contribution in [2.75, 3.05) is 0 Å². The predicted octanol–water partition coefficient (Wildman–Crippen LogP) is 4.22. The van der Waals surface area contributed by atoms with Crippen molar-refractivity contribution in [1.29, 1.82) is 0 Å². The molecule has 0 fully saturated rings. The Balaban J connectivity index is 2.87. The third kappa shape index (κ3) is 1.58. The Bertz CT molecular complexity index is 565. The minimum Gasteiger partial charge on any atom is -0.134 e. The largest absolute Gasteiger partial charge is 0.134 e. The lowest BCUT2D eigenvalue weighted by Gasteiger charge is -1.96. The molecule has 0 atom stereocenters. The minimum atomic E-state index is 1.03. The van der Waals surface area contributed by atoms with Gasteiger partial charge >= 0.3 is 0 Å². The first-order valence-electron chi connectivity index (χ1n) is 4.89. The molecule has 0 nitrogen and oxygen atoms in total. The molecule has 0 aliphatic carbocycles. The van der Waals surface area contributed by atoms with Crippen LogP contribution in [0.5, 0.6) is 0 Å². The van der Waals surface area contributed by atoms with Gasteiger partial charge in [-0.2, -0.15) is 0 Å². The number of rotatable bonds is 1. The third-order valence-electron chi connectivity index (χ3n) is 2.41. The Morgan fingerprint density at radius 2 is 2.20 bits per heavy atom. The summed E-state index contributed by atoms with van der Waals surface area (Å²) < 4.78 is 1.27. The fourth-order valence-electron chi connectivity index (χ4n) is 1.75. The Morgan fingerprint density at radius 1 is 1.40 bits per heavy atom. The molecule has 0 saturated heterocycles. The van der Waals surface area contributed by atoms with Gasteiger partial charge in [-0.1, -0.05) is 24.1 Å². The van der Waals surface area contributed by atoms with Crippen LogP contribution in [-0.4, -0.2) is 0 Å². The molecular formula is C14H12S. The molecule has 0 spiro atoms. The average Bonchev–Trinajstić information content (AvgIpc) is 2.57. The normalized spacial score (nSPS) is 11.0. The van der Waals surface area contributed by atoms with Gasteiger partial charge in [0.1, 0.15) is 0 Å². The predicted molar refractivity (Wildman–Crippen MR) is 69.2 cm³/mol. The summed E-state index contributed by atoms with van der Waals surface area (Å²) in [6.45, 7) is 4.12.